The largest absolute Gasteiger partial charge is 2.00 e. The Hall–Kier alpha value is 3.39. The third-order valence-corrected chi connectivity index (χ3v) is 0.670. The van der Waals surface area contributed by atoms with Gasteiger partial charge in [-0.2, -0.15) is 0 Å². The standard InChI is InChI=1S/Ag.Al.BH4O6P.Ca.Mg.5H/c;;2-1(3)7-8(4,5)6;;;;;;;/h;;2-3H,(H2,4,5,6);;;;;;;/q;;;+2;;;;;;/p-2. The zero-order valence-corrected chi connectivity index (χ0v) is 9.15. The van der Waals surface area contributed by atoms with E-state index in [0.29, 0.717) is 0 Å². The molecule has 0 saturated carbocycles. The van der Waals surface area contributed by atoms with Crippen molar-refractivity contribution < 1.29 is 51.2 Å². The molecule has 0 fully saturated rings. The van der Waals surface area contributed by atoms with Crippen LogP contribution in [-0.2, 0) is 31.4 Å². The van der Waals surface area contributed by atoms with Crippen molar-refractivity contribution in [2.75, 3.05) is 0 Å². The predicted molar refractivity (Wildman–Crippen MR) is 43.1 cm³/mol. The van der Waals surface area contributed by atoms with Crippen LogP contribution in [0.15, 0.2) is 0 Å². The molecule has 1 radical (unpaired) electrons. The Morgan fingerprint density at radius 1 is 1.33 bits per heavy atom. The minimum Gasteiger partial charge on any atom is -0.791 e. The van der Waals surface area contributed by atoms with Gasteiger partial charge in [0.1, 0.15) is 0 Å². The second-order valence-corrected chi connectivity index (χ2v) is 1.98. The van der Waals surface area contributed by atoms with Gasteiger partial charge in [0.2, 0.25) is 0 Å². The normalized spacial score (nSPS) is 7.67. The summed E-state index contributed by atoms with van der Waals surface area (Å²) in [7, 11) is -7.77. The number of phosphoric acid groups is 1. The van der Waals surface area contributed by atoms with Crippen molar-refractivity contribution in [1.82, 2.24) is 0 Å². The van der Waals surface area contributed by atoms with E-state index in [0.717, 1.165) is 0 Å². The number of rotatable bonds is 2. The summed E-state index contributed by atoms with van der Waals surface area (Å²) in [6.07, 6.45) is 0. The van der Waals surface area contributed by atoms with Crippen LogP contribution >= 0.6 is 7.82 Å². The van der Waals surface area contributed by atoms with Gasteiger partial charge in [-0.1, -0.05) is 0 Å². The maximum absolute atomic E-state index is 9.37. The van der Waals surface area contributed by atoms with Crippen molar-refractivity contribution in [3.63, 3.8) is 0 Å². The minimum atomic E-state index is -5.22. The van der Waals surface area contributed by atoms with Gasteiger partial charge < -0.3 is 28.8 Å². The van der Waals surface area contributed by atoms with E-state index < -0.39 is 15.1 Å². The molecule has 69 valence electrons. The predicted octanol–water partition coefficient (Wildman–Crippen LogP) is -5.68. The van der Waals surface area contributed by atoms with Gasteiger partial charge in [0.05, 0.1) is 0 Å². The molecular formula is H7AgAlBCaMgO6P. The summed E-state index contributed by atoms with van der Waals surface area (Å²) in [5, 5.41) is 15.3. The minimum absolute atomic E-state index is 0. The molecule has 0 spiro atoms. The second kappa shape index (κ2) is 14.4. The molecule has 12 heavy (non-hydrogen) atoms. The molecule has 0 aliphatic rings. The third kappa shape index (κ3) is 29.2. The monoisotopic (exact) mass is 343 g/mol. The van der Waals surface area contributed by atoms with Gasteiger partial charge in [-0.05, 0) is 0 Å². The Morgan fingerprint density at radius 2 is 1.58 bits per heavy atom. The second-order valence-electron chi connectivity index (χ2n) is 0.879. The topological polar surface area (TPSA) is 113 Å². The smallest absolute Gasteiger partial charge is 0.791 e. The Labute approximate surface area is 142 Å². The maximum Gasteiger partial charge on any atom is 2.00 e. The molecular weight excluding hydrogens is 337 g/mol. The first-order valence-electron chi connectivity index (χ1n) is 1.48. The van der Waals surface area contributed by atoms with Crippen molar-refractivity contribution in [3.05, 3.63) is 0 Å². The van der Waals surface area contributed by atoms with Crippen molar-refractivity contribution in [1.29, 1.82) is 0 Å². The fourth-order valence-electron chi connectivity index (χ4n) is 0.115. The molecule has 0 rings (SSSR count). The molecule has 0 aliphatic heterocycles. The van der Waals surface area contributed by atoms with E-state index in [1.807, 2.05) is 0 Å². The summed E-state index contributed by atoms with van der Waals surface area (Å²) in [4.78, 5) is 18.7. The zero-order chi connectivity index (χ0) is 6.78. The summed E-state index contributed by atoms with van der Waals surface area (Å²) in [5.41, 5.74) is 0. The van der Waals surface area contributed by atoms with Crippen LogP contribution in [-0.4, -0.2) is 95.5 Å². The Bertz CT molecular complexity index is 120. The van der Waals surface area contributed by atoms with E-state index in [1.54, 1.807) is 0 Å². The molecule has 2 N–H and O–H groups in total. The number of hydrogen-bond acceptors (Lipinski definition) is 6. The fourth-order valence-corrected chi connectivity index (χ4v) is 0.346. The van der Waals surface area contributed by atoms with Crippen LogP contribution in [0.2, 0.25) is 0 Å². The summed E-state index contributed by atoms with van der Waals surface area (Å²) < 4.78 is 12.4. The van der Waals surface area contributed by atoms with Crippen LogP contribution in [0, 0.1) is 0 Å². The van der Waals surface area contributed by atoms with Crippen molar-refractivity contribution in [3.8, 4) is 0 Å². The molecule has 0 bridgehead atoms. The van der Waals surface area contributed by atoms with E-state index in [4.69, 9.17) is 10.0 Å². The zero-order valence-electron chi connectivity index (χ0n) is 4.56. The molecule has 0 unspecified atom stereocenters. The average molecular weight is 344 g/mol. The van der Waals surface area contributed by atoms with Crippen LogP contribution in [0.3, 0.4) is 0 Å². The van der Waals surface area contributed by atoms with Crippen LogP contribution < -0.4 is 9.79 Å². The SMILES string of the molecule is O=P([O-])([O-])OB(O)O.[Ag].[AlH3].[Ca+2].[MgH2]. The summed E-state index contributed by atoms with van der Waals surface area (Å²) in [5.74, 6) is 0. The van der Waals surface area contributed by atoms with Crippen LogP contribution in [0.1, 0.15) is 0 Å². The van der Waals surface area contributed by atoms with Crippen LogP contribution in [0.25, 0.3) is 0 Å². The summed E-state index contributed by atoms with van der Waals surface area (Å²) in [6, 6.07) is 0. The van der Waals surface area contributed by atoms with E-state index in [-0.39, 0.29) is 101 Å². The Morgan fingerprint density at radius 3 is 1.58 bits per heavy atom. The first-order valence-corrected chi connectivity index (χ1v) is 2.94. The van der Waals surface area contributed by atoms with Crippen molar-refractivity contribution in [2.45, 2.75) is 0 Å². The van der Waals surface area contributed by atoms with Gasteiger partial charge in [0.25, 0.3) is 0 Å². The van der Waals surface area contributed by atoms with E-state index in [1.165, 1.54) is 0 Å². The van der Waals surface area contributed by atoms with Gasteiger partial charge in [-0.3, -0.25) is 0 Å². The van der Waals surface area contributed by atoms with E-state index in [9.17, 15) is 14.4 Å². The molecule has 0 heterocycles. The third-order valence-electron chi connectivity index (χ3n) is 0.223. The molecule has 0 aromatic heterocycles. The van der Waals surface area contributed by atoms with Gasteiger partial charge in [-0.25, -0.2) is 0 Å². The molecule has 0 aliphatic carbocycles. The van der Waals surface area contributed by atoms with Crippen molar-refractivity contribution >= 4 is 93.3 Å². The first kappa shape index (κ1) is 29.5. The van der Waals surface area contributed by atoms with Crippen LogP contribution in [0.5, 0.6) is 0 Å². The van der Waals surface area contributed by atoms with Crippen molar-refractivity contribution in [2.24, 2.45) is 0 Å². The molecule has 0 aromatic carbocycles. The van der Waals surface area contributed by atoms with Gasteiger partial charge in [-0.15, -0.1) is 0 Å². The molecule has 0 amide bonds. The molecule has 12 heteroatoms. The first-order chi connectivity index (χ1) is 3.42. The van der Waals surface area contributed by atoms with Gasteiger partial charge in [0, 0.05) is 30.2 Å². The van der Waals surface area contributed by atoms with E-state index in [2.05, 4.69) is 4.44 Å². The van der Waals surface area contributed by atoms with Crippen LogP contribution in [0.4, 0.5) is 0 Å². The summed E-state index contributed by atoms with van der Waals surface area (Å²) >= 11 is 0. The Balaban J connectivity index is -0.0000000408. The molecule has 0 atom stereocenters. The number of hydrogen-bond donors (Lipinski definition) is 2. The maximum atomic E-state index is 9.37. The fraction of sp³-hybridized carbons (Fsp3) is 0. The molecule has 0 saturated heterocycles. The summed E-state index contributed by atoms with van der Waals surface area (Å²) in [6.45, 7) is 0. The molecule has 0 aromatic rings. The quantitative estimate of drug-likeness (QED) is 0.381. The van der Waals surface area contributed by atoms with E-state index >= 15 is 0 Å². The molecule has 6 nitrogen and oxygen atoms in total. The van der Waals surface area contributed by atoms with Gasteiger partial charge >= 0.3 is 68.1 Å². The Kier molecular flexibility index (Phi) is 35.4. The average Bonchev–Trinajstić information content (AvgIpc) is 1.21. The van der Waals surface area contributed by atoms with Gasteiger partial charge in [0.15, 0.2) is 17.4 Å².